The normalized spacial score (nSPS) is 14.1. The molecule has 2 heteroatoms. The Morgan fingerprint density at radius 3 is 1.44 bits per heavy atom. The molecule has 0 heterocycles. The minimum Gasteiger partial charge on any atom is -0.388 e. The molecule has 0 aliphatic heterocycles. The molecule has 0 saturated carbocycles. The van der Waals surface area contributed by atoms with Crippen molar-refractivity contribution in [1.82, 2.24) is 0 Å². The lowest BCUT2D eigenvalue weighted by atomic mass is 10.0. The van der Waals surface area contributed by atoms with Gasteiger partial charge < -0.3 is 10.2 Å². The first-order valence-corrected chi connectivity index (χ1v) is 5.36. The summed E-state index contributed by atoms with van der Waals surface area (Å²) in [4.78, 5) is 0. The molecule has 1 rings (SSSR count). The van der Waals surface area contributed by atoms with E-state index >= 15 is 0 Å². The third-order valence-electron chi connectivity index (χ3n) is 2.49. The lowest BCUT2D eigenvalue weighted by molar-refractivity contribution is 0.177. The van der Waals surface area contributed by atoms with E-state index in [1.54, 1.807) is 12.2 Å². The third-order valence-corrected chi connectivity index (χ3v) is 2.49. The predicted octanol–water partition coefficient (Wildman–Crippen LogP) is 2.91. The zero-order valence-corrected chi connectivity index (χ0v) is 9.34. The van der Waals surface area contributed by atoms with Gasteiger partial charge in [-0.2, -0.15) is 0 Å². The van der Waals surface area contributed by atoms with E-state index in [0.717, 1.165) is 11.1 Å². The molecule has 0 amide bonds. The third kappa shape index (κ3) is 3.33. The van der Waals surface area contributed by atoms with Gasteiger partial charge in [-0.25, -0.2) is 0 Å². The largest absolute Gasteiger partial charge is 0.388 e. The second-order valence-electron chi connectivity index (χ2n) is 3.75. The molecule has 0 spiro atoms. The molecule has 0 unspecified atom stereocenters. The van der Waals surface area contributed by atoms with Gasteiger partial charge in [-0.1, -0.05) is 36.4 Å². The van der Waals surface area contributed by atoms with Crippen molar-refractivity contribution in [2.45, 2.75) is 25.0 Å². The van der Waals surface area contributed by atoms with E-state index in [2.05, 4.69) is 13.2 Å². The van der Waals surface area contributed by atoms with Crippen LogP contribution in [-0.4, -0.2) is 10.2 Å². The number of aliphatic hydroxyl groups is 2. The van der Waals surface area contributed by atoms with Gasteiger partial charge in [-0.3, -0.25) is 0 Å². The smallest absolute Gasteiger partial charge is 0.0824 e. The first-order valence-electron chi connectivity index (χ1n) is 5.36. The Hall–Kier alpha value is -1.38. The molecule has 0 saturated heterocycles. The van der Waals surface area contributed by atoms with Crippen LogP contribution in [0.4, 0.5) is 0 Å². The summed E-state index contributed by atoms with van der Waals surface area (Å²) < 4.78 is 0. The minimum absolute atomic E-state index is 0.511. The highest BCUT2D eigenvalue weighted by Crippen LogP contribution is 2.21. The molecule has 0 aliphatic carbocycles. The molecular weight excluding hydrogens is 200 g/mol. The summed E-state index contributed by atoms with van der Waals surface area (Å²) in [5, 5.41) is 19.4. The Labute approximate surface area is 96.6 Å². The number of benzene rings is 1. The highest BCUT2D eigenvalue weighted by molar-refractivity contribution is 5.26. The van der Waals surface area contributed by atoms with Crippen LogP contribution in [0.3, 0.4) is 0 Å². The molecule has 1 aromatic carbocycles. The molecule has 2 nitrogen and oxygen atoms in total. The maximum absolute atomic E-state index is 9.70. The summed E-state index contributed by atoms with van der Waals surface area (Å²) in [5.74, 6) is 0. The monoisotopic (exact) mass is 218 g/mol. The topological polar surface area (TPSA) is 40.5 Å². The highest BCUT2D eigenvalue weighted by Gasteiger charge is 2.08. The Bertz CT molecular complexity index is 305. The van der Waals surface area contributed by atoms with Crippen molar-refractivity contribution in [2.24, 2.45) is 0 Å². The quantitative estimate of drug-likeness (QED) is 0.721. The van der Waals surface area contributed by atoms with Crippen molar-refractivity contribution in [1.29, 1.82) is 0 Å². The van der Waals surface area contributed by atoms with E-state index in [9.17, 15) is 10.2 Å². The van der Waals surface area contributed by atoms with Crippen molar-refractivity contribution >= 4 is 0 Å². The maximum Gasteiger partial charge on any atom is 0.0824 e. The Balaban J connectivity index is 2.74. The summed E-state index contributed by atoms with van der Waals surface area (Å²) >= 11 is 0. The predicted molar refractivity (Wildman–Crippen MR) is 66.0 cm³/mol. The molecule has 1 aromatic rings. The molecule has 0 radical (unpaired) electrons. The van der Waals surface area contributed by atoms with Gasteiger partial charge in [0.05, 0.1) is 12.2 Å². The van der Waals surface area contributed by atoms with E-state index in [-0.39, 0.29) is 0 Å². The van der Waals surface area contributed by atoms with Crippen LogP contribution in [0.2, 0.25) is 0 Å². The number of aliphatic hydroxyl groups excluding tert-OH is 2. The van der Waals surface area contributed by atoms with Gasteiger partial charge >= 0.3 is 0 Å². The van der Waals surface area contributed by atoms with Crippen LogP contribution in [0.25, 0.3) is 0 Å². The SMILES string of the molecule is C=CC[C@H](O)c1ccc([C@@H](O)CC=C)cc1. The molecule has 0 bridgehead atoms. The fourth-order valence-electron chi connectivity index (χ4n) is 1.53. The second kappa shape index (κ2) is 6.26. The van der Waals surface area contributed by atoms with E-state index < -0.39 is 12.2 Å². The van der Waals surface area contributed by atoms with E-state index in [4.69, 9.17) is 0 Å². The van der Waals surface area contributed by atoms with Gasteiger partial charge in [0, 0.05) is 0 Å². The summed E-state index contributed by atoms with van der Waals surface area (Å²) in [6.07, 6.45) is 3.42. The average Bonchev–Trinajstić information content (AvgIpc) is 2.30. The van der Waals surface area contributed by atoms with Crippen molar-refractivity contribution in [3.05, 3.63) is 60.7 Å². The lowest BCUT2D eigenvalue weighted by Crippen LogP contribution is -1.99. The Morgan fingerprint density at radius 1 is 0.875 bits per heavy atom. The zero-order chi connectivity index (χ0) is 12.0. The van der Waals surface area contributed by atoms with Crippen molar-refractivity contribution < 1.29 is 10.2 Å². The number of rotatable bonds is 6. The van der Waals surface area contributed by atoms with E-state index in [1.165, 1.54) is 0 Å². The number of hydrogen-bond acceptors (Lipinski definition) is 2. The molecule has 16 heavy (non-hydrogen) atoms. The fourth-order valence-corrected chi connectivity index (χ4v) is 1.53. The summed E-state index contributed by atoms with van der Waals surface area (Å²) in [7, 11) is 0. The first kappa shape index (κ1) is 12.7. The van der Waals surface area contributed by atoms with Crippen LogP contribution in [-0.2, 0) is 0 Å². The summed E-state index contributed by atoms with van der Waals surface area (Å²) in [6, 6.07) is 7.32. The van der Waals surface area contributed by atoms with Gasteiger partial charge in [0.1, 0.15) is 0 Å². The molecule has 86 valence electrons. The minimum atomic E-state index is -0.511. The highest BCUT2D eigenvalue weighted by atomic mass is 16.3. The molecule has 2 N–H and O–H groups in total. The fraction of sp³-hybridized carbons (Fsp3) is 0.286. The second-order valence-corrected chi connectivity index (χ2v) is 3.75. The van der Waals surface area contributed by atoms with Crippen molar-refractivity contribution in [2.75, 3.05) is 0 Å². The van der Waals surface area contributed by atoms with Gasteiger partial charge in [-0.05, 0) is 24.0 Å². The summed E-state index contributed by atoms with van der Waals surface area (Å²) in [6.45, 7) is 7.17. The molecular formula is C14H18O2. The maximum atomic E-state index is 9.70. The van der Waals surface area contributed by atoms with Crippen molar-refractivity contribution in [3.63, 3.8) is 0 Å². The zero-order valence-electron chi connectivity index (χ0n) is 9.34. The van der Waals surface area contributed by atoms with E-state index in [0.29, 0.717) is 12.8 Å². The molecule has 0 fully saturated rings. The Morgan fingerprint density at radius 2 is 1.19 bits per heavy atom. The van der Waals surface area contributed by atoms with Crippen LogP contribution in [0.5, 0.6) is 0 Å². The standard InChI is InChI=1S/C14H18O2/c1-3-5-13(15)11-7-9-12(10-8-11)14(16)6-4-2/h3-4,7-10,13-16H,1-2,5-6H2/t13-,14-/m0/s1. The molecule has 2 atom stereocenters. The molecule has 0 aromatic heterocycles. The number of hydrogen-bond donors (Lipinski definition) is 2. The average molecular weight is 218 g/mol. The van der Waals surface area contributed by atoms with Crippen LogP contribution in [0, 0.1) is 0 Å². The van der Waals surface area contributed by atoms with E-state index in [1.807, 2.05) is 24.3 Å². The lowest BCUT2D eigenvalue weighted by Gasteiger charge is -2.12. The van der Waals surface area contributed by atoms with Gasteiger partial charge in [0.2, 0.25) is 0 Å². The molecule has 0 aliphatic rings. The Kier molecular flexibility index (Phi) is 4.96. The van der Waals surface area contributed by atoms with Gasteiger partial charge in [0.15, 0.2) is 0 Å². The van der Waals surface area contributed by atoms with Gasteiger partial charge in [-0.15, -0.1) is 13.2 Å². The van der Waals surface area contributed by atoms with Crippen LogP contribution in [0.15, 0.2) is 49.6 Å². The van der Waals surface area contributed by atoms with Gasteiger partial charge in [0.25, 0.3) is 0 Å². The van der Waals surface area contributed by atoms with Crippen LogP contribution >= 0.6 is 0 Å². The van der Waals surface area contributed by atoms with Crippen LogP contribution < -0.4 is 0 Å². The van der Waals surface area contributed by atoms with Crippen molar-refractivity contribution in [3.8, 4) is 0 Å². The first-order chi connectivity index (χ1) is 7.69. The van der Waals surface area contributed by atoms with Crippen LogP contribution in [0.1, 0.15) is 36.2 Å². The summed E-state index contributed by atoms with van der Waals surface area (Å²) in [5.41, 5.74) is 1.68.